The van der Waals surface area contributed by atoms with Gasteiger partial charge in [0.2, 0.25) is 5.89 Å². The van der Waals surface area contributed by atoms with Crippen molar-refractivity contribution in [2.24, 2.45) is 0 Å². The lowest BCUT2D eigenvalue weighted by molar-refractivity contribution is -0.137. The summed E-state index contributed by atoms with van der Waals surface area (Å²) in [5, 5.41) is 15.1. The molecular weight excluding hydrogens is 276 g/mol. The second kappa shape index (κ2) is 8.23. The van der Waals surface area contributed by atoms with E-state index in [4.69, 9.17) is 9.63 Å². The Morgan fingerprint density at radius 1 is 1.43 bits per heavy atom. The van der Waals surface area contributed by atoms with Gasteiger partial charge in [-0.3, -0.25) is 4.79 Å². The largest absolute Gasteiger partial charge is 0.481 e. The fourth-order valence-electron chi connectivity index (χ4n) is 1.81. The van der Waals surface area contributed by atoms with E-state index in [-0.39, 0.29) is 18.5 Å². The van der Waals surface area contributed by atoms with E-state index in [0.29, 0.717) is 37.6 Å². The third-order valence-electron chi connectivity index (χ3n) is 2.86. The summed E-state index contributed by atoms with van der Waals surface area (Å²) in [5.41, 5.74) is 0. The van der Waals surface area contributed by atoms with Gasteiger partial charge in [-0.2, -0.15) is 4.98 Å². The van der Waals surface area contributed by atoms with Crippen LogP contribution in [0.1, 0.15) is 38.4 Å². The average molecular weight is 298 g/mol. The molecule has 0 atom stereocenters. The van der Waals surface area contributed by atoms with Crippen molar-refractivity contribution in [3.05, 3.63) is 11.7 Å². The molecule has 21 heavy (non-hydrogen) atoms. The van der Waals surface area contributed by atoms with Crippen LogP contribution in [-0.4, -0.2) is 51.3 Å². The van der Waals surface area contributed by atoms with Crippen molar-refractivity contribution < 1.29 is 19.2 Å². The molecule has 1 aromatic heterocycles. The molecule has 0 aromatic carbocycles. The van der Waals surface area contributed by atoms with Crippen LogP contribution in [0.25, 0.3) is 0 Å². The maximum absolute atomic E-state index is 12.1. The number of hydrogen-bond acceptors (Lipinski definition) is 5. The highest BCUT2D eigenvalue weighted by Gasteiger charge is 2.16. The molecule has 0 spiro atoms. The van der Waals surface area contributed by atoms with Crippen molar-refractivity contribution in [1.82, 2.24) is 20.4 Å². The normalized spacial score (nSPS) is 10.7. The van der Waals surface area contributed by atoms with Crippen molar-refractivity contribution >= 4 is 12.0 Å². The number of nitrogens with zero attached hydrogens (tertiary/aromatic N) is 3. The topological polar surface area (TPSA) is 109 Å². The first-order chi connectivity index (χ1) is 9.90. The predicted molar refractivity (Wildman–Crippen MR) is 74.8 cm³/mol. The Morgan fingerprint density at radius 3 is 2.67 bits per heavy atom. The van der Waals surface area contributed by atoms with E-state index in [9.17, 15) is 9.59 Å². The molecule has 2 N–H and O–H groups in total. The van der Waals surface area contributed by atoms with Crippen molar-refractivity contribution in [2.45, 2.75) is 46.1 Å². The van der Waals surface area contributed by atoms with Crippen molar-refractivity contribution in [3.8, 4) is 0 Å². The number of urea groups is 1. The van der Waals surface area contributed by atoms with Crippen LogP contribution in [-0.2, 0) is 11.2 Å². The summed E-state index contributed by atoms with van der Waals surface area (Å²) in [6.45, 7) is 6.32. The zero-order valence-electron chi connectivity index (χ0n) is 12.6. The number of carboxylic acid groups (broad SMARTS) is 1. The molecule has 1 rings (SSSR count). The molecular formula is C13H22N4O4. The summed E-state index contributed by atoms with van der Waals surface area (Å²) in [6.07, 6.45) is 0.954. The van der Waals surface area contributed by atoms with Gasteiger partial charge in [0.05, 0.1) is 0 Å². The standard InChI is InChI=1S/C13H22N4O4/c1-9(2)17(8-4-5-12(18)19)13(20)14-7-6-11-15-10(3)16-21-11/h9H,4-8H2,1-3H3,(H,14,20)(H,18,19). The minimum Gasteiger partial charge on any atom is -0.481 e. The van der Waals surface area contributed by atoms with Gasteiger partial charge in [0.1, 0.15) is 0 Å². The summed E-state index contributed by atoms with van der Waals surface area (Å²) in [4.78, 5) is 28.2. The van der Waals surface area contributed by atoms with Crippen LogP contribution in [0.15, 0.2) is 4.52 Å². The zero-order valence-corrected chi connectivity index (χ0v) is 12.6. The SMILES string of the molecule is Cc1noc(CCNC(=O)N(CCCC(=O)O)C(C)C)n1. The molecule has 0 fully saturated rings. The monoisotopic (exact) mass is 298 g/mol. The van der Waals surface area contributed by atoms with Crippen LogP contribution in [0.4, 0.5) is 4.79 Å². The molecule has 8 nitrogen and oxygen atoms in total. The Labute approximate surface area is 123 Å². The lowest BCUT2D eigenvalue weighted by Crippen LogP contribution is -2.45. The van der Waals surface area contributed by atoms with E-state index >= 15 is 0 Å². The summed E-state index contributed by atoms with van der Waals surface area (Å²) in [5.74, 6) is 0.189. The number of nitrogens with one attached hydrogen (secondary N) is 1. The van der Waals surface area contributed by atoms with Gasteiger partial charge in [0.15, 0.2) is 5.82 Å². The van der Waals surface area contributed by atoms with E-state index in [0.717, 1.165) is 0 Å². The van der Waals surface area contributed by atoms with Gasteiger partial charge in [-0.15, -0.1) is 0 Å². The zero-order chi connectivity index (χ0) is 15.8. The summed E-state index contributed by atoms with van der Waals surface area (Å²) < 4.78 is 4.95. The number of carbonyl (C=O) groups excluding carboxylic acids is 1. The quantitative estimate of drug-likeness (QED) is 0.746. The lowest BCUT2D eigenvalue weighted by atomic mass is 10.2. The molecule has 1 heterocycles. The molecule has 0 bridgehead atoms. The number of aromatic nitrogens is 2. The van der Waals surface area contributed by atoms with Gasteiger partial charge in [0, 0.05) is 32.0 Å². The van der Waals surface area contributed by atoms with Crippen LogP contribution >= 0.6 is 0 Å². The smallest absolute Gasteiger partial charge is 0.317 e. The molecule has 0 aliphatic rings. The predicted octanol–water partition coefficient (Wildman–Crippen LogP) is 1.21. The van der Waals surface area contributed by atoms with E-state index in [2.05, 4.69) is 15.5 Å². The summed E-state index contributed by atoms with van der Waals surface area (Å²) in [7, 11) is 0. The number of carboxylic acids is 1. The third kappa shape index (κ3) is 6.24. The van der Waals surface area contributed by atoms with Crippen LogP contribution in [0.2, 0.25) is 0 Å². The highest BCUT2D eigenvalue weighted by molar-refractivity contribution is 5.74. The van der Waals surface area contributed by atoms with Gasteiger partial charge in [-0.25, -0.2) is 4.79 Å². The summed E-state index contributed by atoms with van der Waals surface area (Å²) >= 11 is 0. The number of aryl methyl sites for hydroxylation is 1. The Kier molecular flexibility index (Phi) is 6.64. The molecule has 0 unspecified atom stereocenters. The highest BCUT2D eigenvalue weighted by atomic mass is 16.5. The number of carbonyl (C=O) groups is 2. The molecule has 0 aliphatic heterocycles. The van der Waals surface area contributed by atoms with Crippen molar-refractivity contribution in [3.63, 3.8) is 0 Å². The Bertz CT molecular complexity index is 472. The average Bonchev–Trinajstić information content (AvgIpc) is 2.79. The fraction of sp³-hybridized carbons (Fsp3) is 0.692. The molecule has 0 aliphatic carbocycles. The van der Waals surface area contributed by atoms with Gasteiger partial charge < -0.3 is 19.8 Å². The van der Waals surface area contributed by atoms with E-state index < -0.39 is 5.97 Å². The van der Waals surface area contributed by atoms with E-state index in [1.165, 1.54) is 0 Å². The first-order valence-electron chi connectivity index (χ1n) is 6.95. The first-order valence-corrected chi connectivity index (χ1v) is 6.95. The minimum atomic E-state index is -0.856. The second-order valence-electron chi connectivity index (χ2n) is 5.00. The van der Waals surface area contributed by atoms with E-state index in [1.807, 2.05) is 13.8 Å². The maximum atomic E-state index is 12.1. The van der Waals surface area contributed by atoms with Crippen LogP contribution in [0, 0.1) is 6.92 Å². The van der Waals surface area contributed by atoms with Crippen molar-refractivity contribution in [1.29, 1.82) is 0 Å². The molecule has 0 radical (unpaired) electrons. The van der Waals surface area contributed by atoms with Crippen molar-refractivity contribution in [2.75, 3.05) is 13.1 Å². The molecule has 8 heteroatoms. The molecule has 0 saturated heterocycles. The number of hydrogen-bond donors (Lipinski definition) is 2. The number of aliphatic carboxylic acids is 1. The van der Waals surface area contributed by atoms with E-state index in [1.54, 1.807) is 11.8 Å². The first kappa shape index (κ1) is 16.9. The molecule has 118 valence electrons. The third-order valence-corrected chi connectivity index (χ3v) is 2.86. The fourth-order valence-corrected chi connectivity index (χ4v) is 1.81. The second-order valence-corrected chi connectivity index (χ2v) is 5.00. The van der Waals surface area contributed by atoms with Crippen LogP contribution in [0.3, 0.4) is 0 Å². The van der Waals surface area contributed by atoms with Crippen LogP contribution < -0.4 is 5.32 Å². The highest BCUT2D eigenvalue weighted by Crippen LogP contribution is 2.03. The van der Waals surface area contributed by atoms with Crippen LogP contribution in [0.5, 0.6) is 0 Å². The van der Waals surface area contributed by atoms with Gasteiger partial charge >= 0.3 is 12.0 Å². The van der Waals surface area contributed by atoms with Gasteiger partial charge in [0.25, 0.3) is 0 Å². The maximum Gasteiger partial charge on any atom is 0.317 e. The Morgan fingerprint density at radius 2 is 2.14 bits per heavy atom. The minimum absolute atomic E-state index is 0.00411. The summed E-state index contributed by atoms with van der Waals surface area (Å²) in [6, 6.07) is -0.212. The Hall–Kier alpha value is -2.12. The number of rotatable bonds is 8. The lowest BCUT2D eigenvalue weighted by Gasteiger charge is -2.26. The Balaban J connectivity index is 2.36. The number of amides is 2. The van der Waals surface area contributed by atoms with Gasteiger partial charge in [-0.05, 0) is 27.2 Å². The molecule has 1 aromatic rings. The molecule has 0 saturated carbocycles. The van der Waals surface area contributed by atoms with Gasteiger partial charge in [-0.1, -0.05) is 5.16 Å². The molecule has 2 amide bonds.